The molecule has 112 valence electrons. The summed E-state index contributed by atoms with van der Waals surface area (Å²) >= 11 is 0. The number of hydrogen-bond donors (Lipinski definition) is 3. The molecule has 0 spiro atoms. The predicted molar refractivity (Wildman–Crippen MR) is 77.5 cm³/mol. The molecule has 0 bridgehead atoms. The van der Waals surface area contributed by atoms with Gasteiger partial charge in [-0.1, -0.05) is 6.07 Å². The van der Waals surface area contributed by atoms with Crippen molar-refractivity contribution in [2.24, 2.45) is 0 Å². The molecule has 2 heterocycles. The van der Waals surface area contributed by atoms with Crippen LogP contribution in [0.5, 0.6) is 0 Å². The van der Waals surface area contributed by atoms with Gasteiger partial charge in [0.05, 0.1) is 11.0 Å². The number of nitrogens with zero attached hydrogens (tertiary/aromatic N) is 2. The summed E-state index contributed by atoms with van der Waals surface area (Å²) in [5, 5.41) is 18.4. The highest BCUT2D eigenvalue weighted by Gasteiger charge is 2.24. The first-order valence-corrected chi connectivity index (χ1v) is 7.16. The predicted octanol–water partition coefficient (Wildman–Crippen LogP) is 1.27. The fourth-order valence-corrected chi connectivity index (χ4v) is 2.86. The molecular weight excluding hydrogens is 270 g/mol. The average Bonchev–Trinajstić information content (AvgIpc) is 2.90. The minimum absolute atomic E-state index is 0.125. The van der Waals surface area contributed by atoms with E-state index in [0.717, 1.165) is 42.8 Å². The van der Waals surface area contributed by atoms with E-state index in [2.05, 4.69) is 9.97 Å². The molecule has 2 aromatic rings. The van der Waals surface area contributed by atoms with Crippen molar-refractivity contribution in [2.75, 3.05) is 13.1 Å². The van der Waals surface area contributed by atoms with E-state index in [4.69, 9.17) is 0 Å². The largest absolute Gasteiger partial charge is 0.364 e. The topological polar surface area (TPSA) is 89.5 Å². The molecular formula is C15H19N3O3. The van der Waals surface area contributed by atoms with Crippen molar-refractivity contribution in [1.29, 1.82) is 0 Å². The Morgan fingerprint density at radius 3 is 2.71 bits per heavy atom. The third-order valence-corrected chi connectivity index (χ3v) is 4.15. The molecule has 3 N–H and O–H groups in total. The second-order valence-corrected chi connectivity index (χ2v) is 5.55. The highest BCUT2D eigenvalue weighted by atomic mass is 16.5. The van der Waals surface area contributed by atoms with Gasteiger partial charge in [-0.15, -0.1) is 0 Å². The van der Waals surface area contributed by atoms with Crippen LogP contribution in [0.3, 0.4) is 0 Å². The molecule has 1 aliphatic rings. The smallest absolute Gasteiger partial charge is 0.219 e. The number of aliphatic hydroxyl groups is 2. The van der Waals surface area contributed by atoms with Crippen LogP contribution in [0.4, 0.5) is 0 Å². The third-order valence-electron chi connectivity index (χ3n) is 4.15. The number of benzene rings is 1. The summed E-state index contributed by atoms with van der Waals surface area (Å²) in [5.74, 6) is 1.35. The van der Waals surface area contributed by atoms with Gasteiger partial charge in [0.2, 0.25) is 5.91 Å². The van der Waals surface area contributed by atoms with Crippen LogP contribution in [0, 0.1) is 0 Å². The van der Waals surface area contributed by atoms with E-state index < -0.39 is 6.29 Å². The second kappa shape index (κ2) is 5.46. The van der Waals surface area contributed by atoms with E-state index >= 15 is 0 Å². The highest BCUT2D eigenvalue weighted by Crippen LogP contribution is 2.28. The van der Waals surface area contributed by atoms with Gasteiger partial charge in [-0.3, -0.25) is 4.79 Å². The van der Waals surface area contributed by atoms with Gasteiger partial charge in [-0.25, -0.2) is 4.98 Å². The minimum Gasteiger partial charge on any atom is -0.364 e. The first kappa shape index (κ1) is 14.0. The fourth-order valence-electron chi connectivity index (χ4n) is 2.86. The van der Waals surface area contributed by atoms with Crippen LogP contribution in [0.1, 0.15) is 43.4 Å². The number of aliphatic hydroxyl groups excluding tert-OH is 1. The Bertz CT molecular complexity index is 657. The summed E-state index contributed by atoms with van der Waals surface area (Å²) in [4.78, 5) is 21.1. The first-order chi connectivity index (χ1) is 10.0. The lowest BCUT2D eigenvalue weighted by atomic mass is 9.96. The Hall–Kier alpha value is -1.92. The lowest BCUT2D eigenvalue weighted by Crippen LogP contribution is -2.36. The van der Waals surface area contributed by atoms with Crippen LogP contribution in [0.15, 0.2) is 18.2 Å². The van der Waals surface area contributed by atoms with Gasteiger partial charge >= 0.3 is 0 Å². The number of carbonyl (C=O) groups excluding carboxylic acids is 1. The number of rotatable bonds is 2. The number of likely N-dealkylation sites (tertiary alicyclic amines) is 1. The number of aromatic nitrogens is 2. The molecule has 0 aliphatic carbocycles. The van der Waals surface area contributed by atoms with Gasteiger partial charge in [0, 0.05) is 31.5 Å². The van der Waals surface area contributed by atoms with E-state index in [-0.39, 0.29) is 5.91 Å². The molecule has 0 radical (unpaired) electrons. The maximum Gasteiger partial charge on any atom is 0.219 e. The molecule has 21 heavy (non-hydrogen) atoms. The number of fused-ring (bicyclic) bond motifs is 1. The van der Waals surface area contributed by atoms with Crippen LogP contribution in [0.2, 0.25) is 0 Å². The number of hydrogen-bond acceptors (Lipinski definition) is 4. The maximum atomic E-state index is 11.3. The highest BCUT2D eigenvalue weighted by molar-refractivity contribution is 5.76. The summed E-state index contributed by atoms with van der Waals surface area (Å²) in [7, 11) is 0. The zero-order valence-electron chi connectivity index (χ0n) is 11.9. The molecule has 3 rings (SSSR count). The summed E-state index contributed by atoms with van der Waals surface area (Å²) in [6.45, 7) is 3.12. The van der Waals surface area contributed by atoms with Crippen molar-refractivity contribution in [1.82, 2.24) is 14.9 Å². The van der Waals surface area contributed by atoms with Crippen molar-refractivity contribution in [3.05, 3.63) is 29.6 Å². The molecule has 1 aliphatic heterocycles. The van der Waals surface area contributed by atoms with Crippen molar-refractivity contribution < 1.29 is 15.0 Å². The van der Waals surface area contributed by atoms with Crippen LogP contribution < -0.4 is 0 Å². The van der Waals surface area contributed by atoms with Gasteiger partial charge in [-0.2, -0.15) is 0 Å². The number of aromatic amines is 1. The van der Waals surface area contributed by atoms with E-state index in [0.29, 0.717) is 11.5 Å². The fraction of sp³-hybridized carbons (Fsp3) is 0.467. The molecule has 6 nitrogen and oxygen atoms in total. The SMILES string of the molecule is CC(=O)N1CCC(c2nc3cc(C(O)O)ccc3[nH]2)CC1. The monoisotopic (exact) mass is 289 g/mol. The Balaban J connectivity index is 1.80. The molecule has 6 heteroatoms. The number of H-pyrrole nitrogens is 1. The molecule has 0 atom stereocenters. The summed E-state index contributed by atoms with van der Waals surface area (Å²) in [6, 6.07) is 5.17. The summed E-state index contributed by atoms with van der Waals surface area (Å²) in [5.41, 5.74) is 2.07. The maximum absolute atomic E-state index is 11.3. The van der Waals surface area contributed by atoms with Crippen LogP contribution in [-0.4, -0.2) is 44.1 Å². The van der Waals surface area contributed by atoms with Gasteiger partial charge in [0.15, 0.2) is 6.29 Å². The van der Waals surface area contributed by atoms with Crippen molar-refractivity contribution in [2.45, 2.75) is 32.0 Å². The Kier molecular flexibility index (Phi) is 3.65. The summed E-state index contributed by atoms with van der Waals surface area (Å²) < 4.78 is 0. The lowest BCUT2D eigenvalue weighted by molar-refractivity contribution is -0.129. The van der Waals surface area contributed by atoms with Crippen molar-refractivity contribution >= 4 is 16.9 Å². The molecule has 1 fully saturated rings. The van der Waals surface area contributed by atoms with E-state index in [9.17, 15) is 15.0 Å². The average molecular weight is 289 g/mol. The second-order valence-electron chi connectivity index (χ2n) is 5.55. The molecule has 1 saturated heterocycles. The van der Waals surface area contributed by atoms with Gasteiger partial charge in [0.25, 0.3) is 0 Å². The van der Waals surface area contributed by atoms with E-state index in [1.807, 2.05) is 11.0 Å². The molecule has 0 unspecified atom stereocenters. The molecule has 1 amide bonds. The summed E-state index contributed by atoms with van der Waals surface area (Å²) in [6.07, 6.45) is 0.317. The minimum atomic E-state index is -1.48. The number of imidazole rings is 1. The normalized spacial score (nSPS) is 16.9. The van der Waals surface area contributed by atoms with Crippen molar-refractivity contribution in [3.8, 4) is 0 Å². The third kappa shape index (κ3) is 2.77. The lowest BCUT2D eigenvalue weighted by Gasteiger charge is -2.30. The zero-order chi connectivity index (χ0) is 15.0. The standard InChI is InChI=1S/C15H19N3O3/c1-9(19)18-6-4-10(5-7-18)14-16-12-3-2-11(15(20)21)8-13(12)17-14/h2-3,8,10,15,20-21H,4-7H2,1H3,(H,16,17). The van der Waals surface area contributed by atoms with E-state index in [1.54, 1.807) is 19.1 Å². The van der Waals surface area contributed by atoms with Crippen LogP contribution >= 0.6 is 0 Å². The molecule has 1 aromatic heterocycles. The Morgan fingerprint density at radius 2 is 2.10 bits per heavy atom. The number of nitrogens with one attached hydrogen (secondary N) is 1. The number of carbonyl (C=O) groups is 1. The van der Waals surface area contributed by atoms with Gasteiger partial charge < -0.3 is 20.1 Å². The molecule has 0 saturated carbocycles. The van der Waals surface area contributed by atoms with Crippen molar-refractivity contribution in [3.63, 3.8) is 0 Å². The van der Waals surface area contributed by atoms with Crippen LogP contribution in [-0.2, 0) is 4.79 Å². The first-order valence-electron chi connectivity index (χ1n) is 7.16. The molecule has 1 aromatic carbocycles. The Labute approximate surface area is 122 Å². The van der Waals surface area contributed by atoms with Gasteiger partial charge in [0.1, 0.15) is 5.82 Å². The zero-order valence-corrected chi connectivity index (χ0v) is 11.9. The number of piperidine rings is 1. The van der Waals surface area contributed by atoms with Crippen LogP contribution in [0.25, 0.3) is 11.0 Å². The van der Waals surface area contributed by atoms with Gasteiger partial charge in [-0.05, 0) is 25.0 Å². The quantitative estimate of drug-likeness (QED) is 0.726. The van der Waals surface area contributed by atoms with E-state index in [1.165, 1.54) is 0 Å². The Morgan fingerprint density at radius 1 is 1.38 bits per heavy atom. The number of amides is 1.